The second-order valence-corrected chi connectivity index (χ2v) is 10.5. The van der Waals surface area contributed by atoms with Crippen molar-refractivity contribution in [3.05, 3.63) is 60.2 Å². The van der Waals surface area contributed by atoms with E-state index in [2.05, 4.69) is 32.8 Å². The zero-order valence-electron chi connectivity index (χ0n) is 21.7. The van der Waals surface area contributed by atoms with Gasteiger partial charge in [0, 0.05) is 56.7 Å². The van der Waals surface area contributed by atoms with Crippen molar-refractivity contribution in [3.63, 3.8) is 0 Å². The van der Waals surface area contributed by atoms with Gasteiger partial charge in [0.15, 0.2) is 5.65 Å². The molecule has 3 N–H and O–H groups in total. The van der Waals surface area contributed by atoms with Gasteiger partial charge in [0.25, 0.3) is 5.91 Å². The number of carbonyl (C=O) groups excluding carboxylic acids is 1. The van der Waals surface area contributed by atoms with Gasteiger partial charge in [0.2, 0.25) is 0 Å². The number of amides is 1. The number of hydrogen-bond acceptors (Lipinski definition) is 6. The minimum atomic E-state index is -4.53. The molecule has 5 heterocycles. The lowest BCUT2D eigenvalue weighted by molar-refractivity contribution is -0.0329. The molecular formula is C27H27F4N7OS. The molecular weight excluding hydrogens is 546 g/mol. The molecule has 0 bridgehead atoms. The Morgan fingerprint density at radius 2 is 2.08 bits per heavy atom. The Balaban J connectivity index is 1.43. The molecule has 2 atom stereocenters. The van der Waals surface area contributed by atoms with E-state index in [1.54, 1.807) is 53.5 Å². The van der Waals surface area contributed by atoms with Crippen LogP contribution in [-0.2, 0) is 0 Å². The first-order chi connectivity index (χ1) is 19.1. The summed E-state index contributed by atoms with van der Waals surface area (Å²) in [7, 11) is 3.38. The summed E-state index contributed by atoms with van der Waals surface area (Å²) in [6.07, 6.45) is 5.95. The van der Waals surface area contributed by atoms with E-state index in [4.69, 9.17) is 0 Å². The third kappa shape index (κ3) is 5.97. The average molecular weight is 574 g/mol. The van der Waals surface area contributed by atoms with E-state index >= 15 is 0 Å². The van der Waals surface area contributed by atoms with Crippen LogP contribution in [0.5, 0.6) is 0 Å². The maximum atomic E-state index is 14.7. The van der Waals surface area contributed by atoms with Gasteiger partial charge < -0.3 is 29.7 Å². The lowest BCUT2D eigenvalue weighted by Gasteiger charge is -2.33. The number of alkyl halides is 4. The Morgan fingerprint density at radius 3 is 2.83 bits per heavy atom. The molecule has 8 nitrogen and oxygen atoms in total. The van der Waals surface area contributed by atoms with Gasteiger partial charge in [-0.15, -0.1) is 0 Å². The highest BCUT2D eigenvalue weighted by atomic mass is 32.2. The van der Waals surface area contributed by atoms with Crippen molar-refractivity contribution >= 4 is 40.2 Å². The number of pyridine rings is 2. The summed E-state index contributed by atoms with van der Waals surface area (Å²) in [6.45, 7) is 1.10. The average Bonchev–Trinajstić information content (AvgIpc) is 3.52. The number of thioether (sulfide) groups is 1. The molecule has 4 aromatic heterocycles. The summed E-state index contributed by atoms with van der Waals surface area (Å²) in [5, 5.41) is 8.81. The number of piperidine rings is 1. The fraction of sp³-hybridized carbons (Fsp3) is 0.333. The highest BCUT2D eigenvalue weighted by Crippen LogP contribution is 2.40. The molecule has 0 aliphatic carbocycles. The largest absolute Gasteiger partial charge is 0.447 e. The van der Waals surface area contributed by atoms with Gasteiger partial charge in [0.1, 0.15) is 11.2 Å². The number of likely N-dealkylation sites (tertiary alicyclic amines) is 1. The number of nitrogens with zero attached hydrogens (tertiary/aromatic N) is 4. The molecule has 0 unspecified atom stereocenters. The lowest BCUT2D eigenvalue weighted by Crippen LogP contribution is -2.46. The first-order valence-electron chi connectivity index (χ1n) is 12.5. The van der Waals surface area contributed by atoms with Crippen molar-refractivity contribution in [2.24, 2.45) is 0 Å². The Labute approximate surface area is 232 Å². The van der Waals surface area contributed by atoms with E-state index in [1.807, 2.05) is 11.9 Å². The Bertz CT molecular complexity index is 1600. The molecule has 1 amide bonds. The third-order valence-electron chi connectivity index (χ3n) is 6.63. The zero-order valence-corrected chi connectivity index (χ0v) is 22.5. The summed E-state index contributed by atoms with van der Waals surface area (Å²) in [5.74, 6) is 5.48. The van der Waals surface area contributed by atoms with Crippen molar-refractivity contribution in [3.8, 4) is 11.8 Å². The number of anilines is 2. The van der Waals surface area contributed by atoms with Gasteiger partial charge in [-0.25, -0.2) is 9.37 Å². The quantitative estimate of drug-likeness (QED) is 0.180. The lowest BCUT2D eigenvalue weighted by atomic mass is 10.0. The molecule has 13 heteroatoms. The molecule has 210 valence electrons. The zero-order chi connectivity index (χ0) is 28.4. The Kier molecular flexibility index (Phi) is 7.82. The van der Waals surface area contributed by atoms with Gasteiger partial charge >= 0.3 is 5.51 Å². The molecule has 1 fully saturated rings. The second kappa shape index (κ2) is 11.3. The highest BCUT2D eigenvalue weighted by Gasteiger charge is 2.33. The molecule has 0 aromatic carbocycles. The van der Waals surface area contributed by atoms with Crippen molar-refractivity contribution in [1.82, 2.24) is 24.0 Å². The van der Waals surface area contributed by atoms with E-state index in [9.17, 15) is 22.4 Å². The summed E-state index contributed by atoms with van der Waals surface area (Å²) in [6, 6.07) is 6.15. The van der Waals surface area contributed by atoms with Gasteiger partial charge in [-0.05, 0) is 37.7 Å². The van der Waals surface area contributed by atoms with E-state index in [0.29, 0.717) is 34.5 Å². The van der Waals surface area contributed by atoms with Crippen LogP contribution < -0.4 is 16.0 Å². The van der Waals surface area contributed by atoms with E-state index in [0.717, 1.165) is 6.54 Å². The highest BCUT2D eigenvalue weighted by molar-refractivity contribution is 8.00. The summed E-state index contributed by atoms with van der Waals surface area (Å²) in [5.41, 5.74) is -1.77. The van der Waals surface area contributed by atoms with Gasteiger partial charge in [-0.1, -0.05) is 11.8 Å². The summed E-state index contributed by atoms with van der Waals surface area (Å²) >= 11 is -0.242. The SMILES string of the molecule is CNC(=O)c1cc(NCC#Cc2cc3c(N[C@H]4CCN(C)C[C@H]4F)cccn3c2SC(F)(F)F)c2nccn2c1. The first kappa shape index (κ1) is 27.7. The van der Waals surface area contributed by atoms with Gasteiger partial charge in [-0.2, -0.15) is 13.2 Å². The third-order valence-corrected chi connectivity index (χ3v) is 7.47. The molecule has 1 aliphatic rings. The van der Waals surface area contributed by atoms with Gasteiger partial charge in [-0.3, -0.25) is 4.79 Å². The topological polar surface area (TPSA) is 78.1 Å². The second-order valence-electron chi connectivity index (χ2n) is 9.44. The predicted molar refractivity (Wildman–Crippen MR) is 148 cm³/mol. The van der Waals surface area contributed by atoms with Crippen LogP contribution in [0.25, 0.3) is 11.2 Å². The van der Waals surface area contributed by atoms with Crippen LogP contribution in [0.3, 0.4) is 0 Å². The summed E-state index contributed by atoms with van der Waals surface area (Å²) < 4.78 is 58.4. The van der Waals surface area contributed by atoms with E-state index in [-0.39, 0.29) is 41.3 Å². The molecule has 4 aromatic rings. The van der Waals surface area contributed by atoms with Crippen molar-refractivity contribution in [1.29, 1.82) is 0 Å². The number of halogens is 4. The van der Waals surface area contributed by atoms with Crippen LogP contribution in [0.4, 0.5) is 28.9 Å². The standard InChI is InChI=1S/C27H27F4N7OS/c1-32-25(39)18-13-22(24-34-9-12-37(24)15-18)33-8-3-5-17-14-23-21(35-20-7-11-36(2)16-19(20)28)6-4-10-38(23)26(17)40-27(29,30)31/h4,6,9-10,12-15,19-20,33,35H,7-8,11,16H2,1-2H3,(H,32,39)/t19-,20+/m1/s1. The monoisotopic (exact) mass is 573 g/mol. The Morgan fingerprint density at radius 1 is 1.25 bits per heavy atom. The molecule has 5 rings (SSSR count). The van der Waals surface area contributed by atoms with Crippen LogP contribution in [-0.4, -0.2) is 76.0 Å². The fourth-order valence-electron chi connectivity index (χ4n) is 4.73. The smallest absolute Gasteiger partial charge is 0.378 e. The normalized spacial score (nSPS) is 17.9. The van der Waals surface area contributed by atoms with Crippen molar-refractivity contribution < 1.29 is 22.4 Å². The number of aromatic nitrogens is 3. The van der Waals surface area contributed by atoms with Crippen LogP contribution in [0, 0.1) is 11.8 Å². The van der Waals surface area contributed by atoms with Crippen molar-refractivity contribution in [2.75, 3.05) is 44.4 Å². The molecule has 40 heavy (non-hydrogen) atoms. The number of rotatable bonds is 6. The van der Waals surface area contributed by atoms with Crippen LogP contribution >= 0.6 is 11.8 Å². The molecule has 1 saturated heterocycles. The number of hydrogen-bond donors (Lipinski definition) is 3. The van der Waals surface area contributed by atoms with E-state index < -0.39 is 17.7 Å². The van der Waals surface area contributed by atoms with Crippen molar-refractivity contribution in [2.45, 2.75) is 29.2 Å². The minimum Gasteiger partial charge on any atom is -0.378 e. The van der Waals surface area contributed by atoms with Crippen LogP contribution in [0.1, 0.15) is 22.3 Å². The first-order valence-corrected chi connectivity index (χ1v) is 13.3. The number of carbonyl (C=O) groups is 1. The number of nitrogens with one attached hydrogen (secondary N) is 3. The van der Waals surface area contributed by atoms with E-state index in [1.165, 1.54) is 11.4 Å². The maximum Gasteiger partial charge on any atom is 0.447 e. The van der Waals surface area contributed by atoms with Crippen LogP contribution in [0.15, 0.2) is 54.1 Å². The number of imidazole rings is 1. The molecule has 0 spiro atoms. The summed E-state index contributed by atoms with van der Waals surface area (Å²) in [4.78, 5) is 18.3. The minimum absolute atomic E-state index is 0.0731. The van der Waals surface area contributed by atoms with Gasteiger partial charge in [0.05, 0.1) is 40.6 Å². The predicted octanol–water partition coefficient (Wildman–Crippen LogP) is 4.48. The fourth-order valence-corrected chi connectivity index (χ4v) is 5.42. The molecule has 0 radical (unpaired) electrons. The Hall–Kier alpha value is -3.89. The maximum absolute atomic E-state index is 14.7. The molecule has 1 aliphatic heterocycles. The number of fused-ring (bicyclic) bond motifs is 2. The molecule has 0 saturated carbocycles. The van der Waals surface area contributed by atoms with Crippen LogP contribution in [0.2, 0.25) is 0 Å².